The Morgan fingerprint density at radius 2 is 1.47 bits per heavy atom. The molecule has 0 unspecified atom stereocenters. The van der Waals surface area contributed by atoms with Gasteiger partial charge in [0.05, 0.1) is 0 Å². The first-order valence-electron chi connectivity index (χ1n) is 9.64. The summed E-state index contributed by atoms with van der Waals surface area (Å²) in [6, 6.07) is 28.8. The van der Waals surface area contributed by atoms with Crippen LogP contribution in [0.15, 0.2) is 97.1 Å². The number of benzene rings is 3. The van der Waals surface area contributed by atoms with Crippen molar-refractivity contribution in [1.82, 2.24) is 5.32 Å². The Kier molecular flexibility index (Phi) is 8.46. The van der Waals surface area contributed by atoms with E-state index >= 15 is 0 Å². The fraction of sp³-hybridized carbons (Fsp3) is 0.120. The van der Waals surface area contributed by atoms with Gasteiger partial charge in [0.1, 0.15) is 0 Å². The minimum absolute atomic E-state index is 0.0333. The third kappa shape index (κ3) is 7.03. The van der Waals surface area contributed by atoms with Gasteiger partial charge in [0.15, 0.2) is 0 Å². The Labute approximate surface area is 183 Å². The first-order valence-corrected chi connectivity index (χ1v) is 11.7. The number of esters is 1. The van der Waals surface area contributed by atoms with Gasteiger partial charge in [-0.05, 0) is 0 Å². The maximum absolute atomic E-state index is 12.7. The topological polar surface area (TPSA) is 55.4 Å². The van der Waals surface area contributed by atoms with Crippen LogP contribution in [0.4, 0.5) is 0 Å². The molecule has 1 N–H and O–H groups in total. The van der Waals surface area contributed by atoms with Gasteiger partial charge in [0.2, 0.25) is 0 Å². The number of hydrogen-bond acceptors (Lipinski definition) is 3. The van der Waals surface area contributed by atoms with Crippen molar-refractivity contribution in [1.29, 1.82) is 0 Å². The fourth-order valence-electron chi connectivity index (χ4n) is 2.74. The van der Waals surface area contributed by atoms with E-state index in [1.54, 1.807) is 12.1 Å². The third-order valence-corrected chi connectivity index (χ3v) is 6.26. The van der Waals surface area contributed by atoms with Crippen molar-refractivity contribution < 1.29 is 14.3 Å². The second-order valence-corrected chi connectivity index (χ2v) is 8.64. The summed E-state index contributed by atoms with van der Waals surface area (Å²) in [5.41, 5.74) is 1.71. The molecular formula is C25H23NO3Se. The molecule has 0 bridgehead atoms. The molecule has 0 aliphatic rings. The fourth-order valence-corrected chi connectivity index (χ4v) is 4.21. The van der Waals surface area contributed by atoms with E-state index in [4.69, 9.17) is 4.74 Å². The van der Waals surface area contributed by atoms with Crippen LogP contribution in [-0.2, 0) is 14.3 Å². The molecule has 3 aromatic carbocycles. The van der Waals surface area contributed by atoms with Crippen LogP contribution >= 0.6 is 0 Å². The standard InChI is InChI=1S/C25H23NO3Se/c27-23(19-30-22-16-8-3-9-17-22)29-24(21-14-6-2-7-15-21)25(28)26-18-10-13-20-11-4-1-5-12-20/h1-17,24H,18-19H2,(H,26,28)/b13-10+/t24-/m0/s1. The molecule has 0 radical (unpaired) electrons. The van der Waals surface area contributed by atoms with Crippen molar-refractivity contribution in [2.24, 2.45) is 0 Å². The SMILES string of the molecule is O=C(C[Se]c1ccccc1)O[C@H](C(=O)NC/C=C/c1ccccc1)c1ccccc1. The van der Waals surface area contributed by atoms with Crippen molar-refractivity contribution in [3.8, 4) is 0 Å². The number of carbonyl (C=O) groups excluding carboxylic acids is 2. The van der Waals surface area contributed by atoms with Crippen molar-refractivity contribution in [2.75, 3.05) is 6.54 Å². The molecule has 0 fully saturated rings. The van der Waals surface area contributed by atoms with E-state index in [0.717, 1.165) is 10.0 Å². The normalized spacial score (nSPS) is 11.7. The predicted molar refractivity (Wildman–Crippen MR) is 120 cm³/mol. The first-order chi connectivity index (χ1) is 14.7. The van der Waals surface area contributed by atoms with Crippen LogP contribution < -0.4 is 9.78 Å². The molecule has 0 aliphatic carbocycles. The summed E-state index contributed by atoms with van der Waals surface area (Å²) in [7, 11) is 0. The number of ether oxygens (including phenoxy) is 1. The number of nitrogens with one attached hydrogen (secondary N) is 1. The Morgan fingerprint density at radius 3 is 2.13 bits per heavy atom. The molecule has 1 atom stereocenters. The molecule has 0 saturated heterocycles. The summed E-state index contributed by atoms with van der Waals surface area (Å²) < 4.78 is 6.70. The summed E-state index contributed by atoms with van der Waals surface area (Å²) >= 11 is -0.0333. The summed E-state index contributed by atoms with van der Waals surface area (Å²) in [5, 5.41) is 3.11. The second kappa shape index (κ2) is 11.8. The van der Waals surface area contributed by atoms with Gasteiger partial charge in [-0.3, -0.25) is 0 Å². The van der Waals surface area contributed by atoms with Crippen LogP contribution in [0, 0.1) is 0 Å². The van der Waals surface area contributed by atoms with Crippen molar-refractivity contribution in [3.63, 3.8) is 0 Å². The monoisotopic (exact) mass is 465 g/mol. The minimum atomic E-state index is -0.963. The molecular weight excluding hydrogens is 441 g/mol. The van der Waals surface area contributed by atoms with E-state index in [0.29, 0.717) is 12.1 Å². The van der Waals surface area contributed by atoms with Gasteiger partial charge in [-0.2, -0.15) is 0 Å². The first kappa shape index (κ1) is 21.6. The van der Waals surface area contributed by atoms with Gasteiger partial charge in [0.25, 0.3) is 0 Å². The zero-order chi connectivity index (χ0) is 21.0. The molecule has 152 valence electrons. The molecule has 3 aromatic rings. The second-order valence-electron chi connectivity index (χ2n) is 6.44. The van der Waals surface area contributed by atoms with E-state index in [1.807, 2.05) is 91.0 Å². The van der Waals surface area contributed by atoms with Crippen LogP contribution in [0.2, 0.25) is 5.32 Å². The zero-order valence-corrected chi connectivity index (χ0v) is 18.2. The molecule has 1 amide bonds. The van der Waals surface area contributed by atoms with Gasteiger partial charge < -0.3 is 0 Å². The number of amides is 1. The van der Waals surface area contributed by atoms with Crippen molar-refractivity contribution in [3.05, 3.63) is 108 Å². The Morgan fingerprint density at radius 1 is 0.867 bits per heavy atom. The summed E-state index contributed by atoms with van der Waals surface area (Å²) in [6.45, 7) is 0.350. The van der Waals surface area contributed by atoms with E-state index in [-0.39, 0.29) is 32.2 Å². The number of carbonyl (C=O) groups is 2. The van der Waals surface area contributed by atoms with Gasteiger partial charge in [-0.1, -0.05) is 6.07 Å². The molecule has 0 aromatic heterocycles. The average Bonchev–Trinajstić information content (AvgIpc) is 2.81. The van der Waals surface area contributed by atoms with Crippen molar-refractivity contribution in [2.45, 2.75) is 11.4 Å². The number of hydrogen-bond donors (Lipinski definition) is 1. The Balaban J connectivity index is 1.58. The summed E-state index contributed by atoms with van der Waals surface area (Å²) in [4.78, 5) is 25.2. The summed E-state index contributed by atoms with van der Waals surface area (Å²) in [5.74, 6) is -0.706. The molecule has 3 rings (SSSR count). The van der Waals surface area contributed by atoms with Crippen LogP contribution in [0.25, 0.3) is 6.08 Å². The van der Waals surface area contributed by atoms with Crippen LogP contribution in [0.3, 0.4) is 0 Å². The van der Waals surface area contributed by atoms with Crippen LogP contribution in [0.1, 0.15) is 17.2 Å². The maximum atomic E-state index is 12.7. The van der Waals surface area contributed by atoms with Gasteiger partial charge in [-0.15, -0.1) is 0 Å². The third-order valence-electron chi connectivity index (χ3n) is 4.19. The molecule has 0 saturated carbocycles. The van der Waals surface area contributed by atoms with Crippen LogP contribution in [0.5, 0.6) is 0 Å². The Hall–Kier alpha value is -3.14. The number of rotatable bonds is 9. The van der Waals surface area contributed by atoms with E-state index in [2.05, 4.69) is 5.32 Å². The molecule has 0 heterocycles. The Bertz CT molecular complexity index is 959. The molecule has 5 heteroatoms. The van der Waals surface area contributed by atoms with E-state index in [1.165, 1.54) is 0 Å². The van der Waals surface area contributed by atoms with Crippen molar-refractivity contribution >= 4 is 37.4 Å². The van der Waals surface area contributed by atoms with E-state index < -0.39 is 6.10 Å². The molecule has 0 aliphatic heterocycles. The molecule has 0 spiro atoms. The van der Waals surface area contributed by atoms with Crippen LogP contribution in [-0.4, -0.2) is 33.4 Å². The van der Waals surface area contributed by atoms with E-state index in [9.17, 15) is 9.59 Å². The predicted octanol–water partition coefficient (Wildman–Crippen LogP) is 3.55. The average molecular weight is 464 g/mol. The summed E-state index contributed by atoms with van der Waals surface area (Å²) in [6.07, 6.45) is 2.84. The molecule has 4 nitrogen and oxygen atoms in total. The zero-order valence-electron chi connectivity index (χ0n) is 16.4. The molecule has 30 heavy (non-hydrogen) atoms. The van der Waals surface area contributed by atoms with Gasteiger partial charge >= 0.3 is 177 Å². The quantitative estimate of drug-likeness (QED) is 0.389. The van der Waals surface area contributed by atoms with Gasteiger partial charge in [0, 0.05) is 0 Å². The van der Waals surface area contributed by atoms with Gasteiger partial charge in [-0.25, -0.2) is 0 Å².